The van der Waals surface area contributed by atoms with Crippen LogP contribution in [0.5, 0.6) is 0 Å². The van der Waals surface area contributed by atoms with Crippen molar-refractivity contribution in [2.45, 2.75) is 37.0 Å². The fraction of sp³-hybridized carbons (Fsp3) is 0.444. The summed E-state index contributed by atoms with van der Waals surface area (Å²) in [7, 11) is 0. The Morgan fingerprint density at radius 3 is 2.65 bits per heavy atom. The summed E-state index contributed by atoms with van der Waals surface area (Å²) in [6.45, 7) is 0.912. The van der Waals surface area contributed by atoms with Crippen molar-refractivity contribution in [3.63, 3.8) is 0 Å². The van der Waals surface area contributed by atoms with E-state index in [4.69, 9.17) is 5.26 Å². The standard InChI is InChI=1S/C18H18F2N4OS/c19-18(20)7-15(8-21)24(12-18)16(25)11-22-5-6-26-17(22)23-9-13-3-1-2-4-14(13)10-23/h1-6,15,17H,7,9-12H2/t15?,17-/m1/s1. The first-order valence-electron chi connectivity index (χ1n) is 8.42. The SMILES string of the molecule is N#CC1CC(F)(F)CN1C(=O)CN1C=CS[C@H]1N1Cc2ccccc2C1. The molecule has 1 aromatic rings. The maximum absolute atomic E-state index is 13.6. The van der Waals surface area contributed by atoms with Crippen molar-refractivity contribution in [1.29, 1.82) is 5.26 Å². The van der Waals surface area contributed by atoms with Gasteiger partial charge in [-0.25, -0.2) is 8.78 Å². The van der Waals surface area contributed by atoms with Gasteiger partial charge in [0.1, 0.15) is 11.5 Å². The molecule has 26 heavy (non-hydrogen) atoms. The van der Waals surface area contributed by atoms with E-state index in [2.05, 4.69) is 17.0 Å². The Morgan fingerprint density at radius 2 is 2.00 bits per heavy atom. The number of benzene rings is 1. The first-order valence-corrected chi connectivity index (χ1v) is 9.37. The fourth-order valence-electron chi connectivity index (χ4n) is 3.72. The molecule has 1 saturated heterocycles. The lowest BCUT2D eigenvalue weighted by molar-refractivity contribution is -0.133. The van der Waals surface area contributed by atoms with Crippen LogP contribution in [-0.4, -0.2) is 51.2 Å². The molecule has 136 valence electrons. The number of alkyl halides is 2. The van der Waals surface area contributed by atoms with Crippen LogP contribution < -0.4 is 0 Å². The second-order valence-electron chi connectivity index (χ2n) is 6.82. The lowest BCUT2D eigenvalue weighted by atomic mass is 10.1. The number of halogens is 2. The molecule has 0 spiro atoms. The first-order chi connectivity index (χ1) is 12.5. The van der Waals surface area contributed by atoms with Gasteiger partial charge in [-0.15, -0.1) is 0 Å². The van der Waals surface area contributed by atoms with Crippen LogP contribution >= 0.6 is 11.8 Å². The summed E-state index contributed by atoms with van der Waals surface area (Å²) in [5.74, 6) is -3.41. The van der Waals surface area contributed by atoms with E-state index in [0.717, 1.165) is 18.0 Å². The molecule has 2 atom stereocenters. The van der Waals surface area contributed by atoms with Crippen molar-refractivity contribution in [2.24, 2.45) is 0 Å². The highest BCUT2D eigenvalue weighted by molar-refractivity contribution is 8.02. The van der Waals surface area contributed by atoms with Crippen molar-refractivity contribution >= 4 is 17.7 Å². The van der Waals surface area contributed by atoms with E-state index in [1.54, 1.807) is 11.8 Å². The average Bonchev–Trinajstić information content (AvgIpc) is 3.30. The van der Waals surface area contributed by atoms with E-state index in [1.807, 2.05) is 34.7 Å². The van der Waals surface area contributed by atoms with Crippen molar-refractivity contribution in [2.75, 3.05) is 13.1 Å². The number of fused-ring (bicyclic) bond motifs is 1. The Kier molecular flexibility index (Phi) is 4.37. The zero-order valence-corrected chi connectivity index (χ0v) is 14.8. The zero-order valence-electron chi connectivity index (χ0n) is 14.0. The molecule has 1 fully saturated rings. The van der Waals surface area contributed by atoms with Gasteiger partial charge in [0.2, 0.25) is 5.91 Å². The van der Waals surface area contributed by atoms with E-state index in [9.17, 15) is 13.6 Å². The lowest BCUT2D eigenvalue weighted by Crippen LogP contribution is -2.46. The minimum Gasteiger partial charge on any atom is -0.343 e. The first kappa shape index (κ1) is 17.3. The predicted molar refractivity (Wildman–Crippen MR) is 93.6 cm³/mol. The van der Waals surface area contributed by atoms with Gasteiger partial charge in [0.05, 0.1) is 19.2 Å². The normalized spacial score (nSPS) is 27.0. The maximum Gasteiger partial charge on any atom is 0.268 e. The number of carbonyl (C=O) groups is 1. The van der Waals surface area contributed by atoms with Crippen molar-refractivity contribution in [1.82, 2.24) is 14.7 Å². The van der Waals surface area contributed by atoms with Gasteiger partial charge in [0, 0.05) is 25.7 Å². The number of nitriles is 1. The van der Waals surface area contributed by atoms with Crippen LogP contribution in [0.15, 0.2) is 35.9 Å². The van der Waals surface area contributed by atoms with Crippen LogP contribution in [0.1, 0.15) is 17.5 Å². The number of likely N-dealkylation sites (tertiary alicyclic amines) is 1. The molecule has 3 aliphatic heterocycles. The molecular weight excluding hydrogens is 358 g/mol. The van der Waals surface area contributed by atoms with Gasteiger partial charge in [-0.2, -0.15) is 5.26 Å². The third-order valence-corrected chi connectivity index (χ3v) is 6.06. The second-order valence-corrected chi connectivity index (χ2v) is 7.79. The number of hydrogen-bond acceptors (Lipinski definition) is 5. The summed E-state index contributed by atoms with van der Waals surface area (Å²) in [6, 6.07) is 9.00. The Labute approximate surface area is 154 Å². The Balaban J connectivity index is 1.43. The van der Waals surface area contributed by atoms with Crippen LogP contribution in [0.3, 0.4) is 0 Å². The highest BCUT2D eigenvalue weighted by atomic mass is 32.2. The van der Waals surface area contributed by atoms with Crippen molar-refractivity contribution < 1.29 is 13.6 Å². The number of hydrogen-bond donors (Lipinski definition) is 0. The smallest absolute Gasteiger partial charge is 0.268 e. The van der Waals surface area contributed by atoms with Gasteiger partial charge < -0.3 is 9.80 Å². The summed E-state index contributed by atoms with van der Waals surface area (Å²) in [4.78, 5) is 17.7. The van der Waals surface area contributed by atoms with Gasteiger partial charge in [-0.1, -0.05) is 36.0 Å². The molecule has 0 radical (unpaired) electrons. The highest BCUT2D eigenvalue weighted by Gasteiger charge is 2.47. The van der Waals surface area contributed by atoms with Crippen LogP contribution in [0.4, 0.5) is 8.78 Å². The molecule has 3 aliphatic rings. The molecule has 3 heterocycles. The molecule has 5 nitrogen and oxygen atoms in total. The van der Waals surface area contributed by atoms with E-state index in [0.29, 0.717) is 0 Å². The molecule has 0 aliphatic carbocycles. The van der Waals surface area contributed by atoms with Gasteiger partial charge >= 0.3 is 0 Å². The second kappa shape index (κ2) is 6.56. The quantitative estimate of drug-likeness (QED) is 0.812. The van der Waals surface area contributed by atoms with Gasteiger partial charge in [-0.05, 0) is 16.5 Å². The van der Waals surface area contributed by atoms with Crippen LogP contribution in [0, 0.1) is 11.3 Å². The number of thioether (sulfide) groups is 1. The molecule has 0 aromatic heterocycles. The molecule has 4 rings (SSSR count). The van der Waals surface area contributed by atoms with Crippen LogP contribution in [0.25, 0.3) is 0 Å². The summed E-state index contributed by atoms with van der Waals surface area (Å²) in [5, 5.41) is 11.0. The Hall–Kier alpha value is -2.11. The molecule has 1 amide bonds. The monoisotopic (exact) mass is 376 g/mol. The van der Waals surface area contributed by atoms with E-state index in [1.165, 1.54) is 11.1 Å². The fourth-order valence-corrected chi connectivity index (χ4v) is 4.71. The minimum atomic E-state index is -2.98. The number of carbonyl (C=O) groups excluding carboxylic acids is 1. The molecule has 8 heteroatoms. The predicted octanol–water partition coefficient (Wildman–Crippen LogP) is 2.57. The van der Waals surface area contributed by atoms with Crippen LogP contribution in [-0.2, 0) is 17.9 Å². The van der Waals surface area contributed by atoms with Crippen molar-refractivity contribution in [3.8, 4) is 6.07 Å². The Bertz CT molecular complexity index is 769. The summed E-state index contributed by atoms with van der Waals surface area (Å²) in [6.07, 6.45) is 1.25. The van der Waals surface area contributed by atoms with Gasteiger partial charge in [-0.3, -0.25) is 9.69 Å². The van der Waals surface area contributed by atoms with Crippen LogP contribution in [0.2, 0.25) is 0 Å². The molecule has 1 unspecified atom stereocenters. The van der Waals surface area contributed by atoms with E-state index < -0.39 is 30.8 Å². The largest absolute Gasteiger partial charge is 0.343 e. The third kappa shape index (κ3) is 3.17. The van der Waals surface area contributed by atoms with Gasteiger partial charge in [0.15, 0.2) is 0 Å². The van der Waals surface area contributed by atoms with Gasteiger partial charge in [0.25, 0.3) is 5.92 Å². The average molecular weight is 376 g/mol. The summed E-state index contributed by atoms with van der Waals surface area (Å²) >= 11 is 1.60. The number of rotatable bonds is 3. The summed E-state index contributed by atoms with van der Waals surface area (Å²) in [5.41, 5.74) is 2.50. The molecule has 0 N–H and O–H groups in total. The highest BCUT2D eigenvalue weighted by Crippen LogP contribution is 2.35. The third-order valence-electron chi connectivity index (χ3n) is 4.97. The topological polar surface area (TPSA) is 50.6 Å². The lowest BCUT2D eigenvalue weighted by Gasteiger charge is -2.33. The maximum atomic E-state index is 13.6. The number of amides is 1. The zero-order chi connectivity index (χ0) is 18.3. The minimum absolute atomic E-state index is 0.00469. The number of nitrogens with zero attached hydrogens (tertiary/aromatic N) is 4. The molecule has 1 aromatic carbocycles. The summed E-state index contributed by atoms with van der Waals surface area (Å²) < 4.78 is 27.2. The molecular formula is C18H18F2N4OS. The van der Waals surface area contributed by atoms with Crippen molar-refractivity contribution in [3.05, 3.63) is 47.0 Å². The van der Waals surface area contributed by atoms with E-state index in [-0.39, 0.29) is 12.0 Å². The van der Waals surface area contributed by atoms with E-state index >= 15 is 0 Å². The molecule has 0 bridgehead atoms. The molecule has 0 saturated carbocycles. The Morgan fingerprint density at radius 1 is 1.31 bits per heavy atom.